The third kappa shape index (κ3) is 4.04. The fraction of sp³-hybridized carbons (Fsp3) is 0.318. The van der Waals surface area contributed by atoms with Crippen LogP contribution in [-0.2, 0) is 4.74 Å². The van der Waals surface area contributed by atoms with E-state index < -0.39 is 0 Å². The Kier molecular flexibility index (Phi) is 5.51. The van der Waals surface area contributed by atoms with E-state index in [2.05, 4.69) is 73.6 Å². The summed E-state index contributed by atoms with van der Waals surface area (Å²) in [6, 6.07) is 10.2. The first kappa shape index (κ1) is 20.1. The highest BCUT2D eigenvalue weighted by Crippen LogP contribution is 2.29. The van der Waals surface area contributed by atoms with E-state index in [0.29, 0.717) is 23.2 Å². The molecule has 0 aliphatic carbocycles. The Morgan fingerprint density at radius 3 is 2.41 bits per heavy atom. The number of fused-ring (bicyclic) bond motifs is 1. The fourth-order valence-electron chi connectivity index (χ4n) is 3.76. The van der Waals surface area contributed by atoms with Gasteiger partial charge >= 0.3 is 0 Å². The molecule has 4 aromatic rings. The lowest BCUT2D eigenvalue weighted by Crippen LogP contribution is -2.36. The molecule has 0 amide bonds. The zero-order valence-electron chi connectivity index (χ0n) is 18.1. The van der Waals surface area contributed by atoms with Crippen molar-refractivity contribution in [2.24, 2.45) is 0 Å². The van der Waals surface area contributed by atoms with Gasteiger partial charge < -0.3 is 15.0 Å². The smallest absolute Gasteiger partial charge is 0.229 e. The fourth-order valence-corrected chi connectivity index (χ4v) is 3.76. The number of hydrogen-bond donors (Lipinski definition) is 2. The number of nitrogens with zero attached hydrogens (tertiary/aromatic N) is 7. The summed E-state index contributed by atoms with van der Waals surface area (Å²) in [5.74, 6) is 1.74. The third-order valence-corrected chi connectivity index (χ3v) is 5.29. The van der Waals surface area contributed by atoms with Crippen LogP contribution in [0.15, 0.2) is 49.1 Å². The molecule has 0 spiro atoms. The molecule has 0 atom stereocenters. The molecule has 0 bridgehead atoms. The van der Waals surface area contributed by atoms with Gasteiger partial charge in [0, 0.05) is 42.9 Å². The quantitative estimate of drug-likeness (QED) is 0.474. The maximum absolute atomic E-state index is 5.44. The van der Waals surface area contributed by atoms with Crippen LogP contribution in [0.1, 0.15) is 19.9 Å². The van der Waals surface area contributed by atoms with E-state index in [4.69, 9.17) is 9.72 Å². The Bertz CT molecular complexity index is 1190. The molecule has 4 heterocycles. The molecule has 5 rings (SSSR count). The Balaban J connectivity index is 1.44. The van der Waals surface area contributed by atoms with Gasteiger partial charge in [-0.3, -0.25) is 9.88 Å². The molecular weight excluding hydrogens is 406 g/mol. The van der Waals surface area contributed by atoms with Crippen LogP contribution in [0.25, 0.3) is 11.2 Å². The van der Waals surface area contributed by atoms with E-state index in [1.54, 1.807) is 24.8 Å². The predicted octanol–water partition coefficient (Wildman–Crippen LogP) is 3.52. The van der Waals surface area contributed by atoms with Crippen molar-refractivity contribution in [1.82, 2.24) is 29.5 Å². The number of nitrogens with one attached hydrogen (secondary N) is 2. The van der Waals surface area contributed by atoms with Crippen LogP contribution >= 0.6 is 0 Å². The molecule has 164 valence electrons. The molecule has 1 fully saturated rings. The number of imidazole rings is 1. The molecule has 2 N–H and O–H groups in total. The lowest BCUT2D eigenvalue weighted by molar-refractivity contribution is 0.122. The first-order valence-electron chi connectivity index (χ1n) is 10.7. The minimum absolute atomic E-state index is 0.127. The second-order valence-electron chi connectivity index (χ2n) is 7.76. The highest BCUT2D eigenvalue weighted by atomic mass is 16.5. The molecule has 0 radical (unpaired) electrons. The van der Waals surface area contributed by atoms with E-state index in [1.165, 1.54) is 5.69 Å². The minimum atomic E-state index is 0.127. The highest BCUT2D eigenvalue weighted by Gasteiger charge is 2.19. The maximum Gasteiger partial charge on any atom is 0.229 e. The Hall–Kier alpha value is -3.79. The van der Waals surface area contributed by atoms with Crippen LogP contribution in [-0.4, -0.2) is 55.8 Å². The van der Waals surface area contributed by atoms with Gasteiger partial charge in [0.2, 0.25) is 11.9 Å². The molecule has 32 heavy (non-hydrogen) atoms. The van der Waals surface area contributed by atoms with E-state index in [-0.39, 0.29) is 6.04 Å². The van der Waals surface area contributed by atoms with Crippen molar-refractivity contribution in [2.75, 3.05) is 41.8 Å². The molecule has 10 heteroatoms. The molecule has 0 saturated carbocycles. The van der Waals surface area contributed by atoms with Gasteiger partial charge in [-0.05, 0) is 44.2 Å². The molecule has 3 aromatic heterocycles. The predicted molar refractivity (Wildman–Crippen MR) is 124 cm³/mol. The molecule has 10 nitrogen and oxygen atoms in total. The van der Waals surface area contributed by atoms with Crippen LogP contribution < -0.4 is 15.5 Å². The van der Waals surface area contributed by atoms with E-state index in [9.17, 15) is 0 Å². The summed E-state index contributed by atoms with van der Waals surface area (Å²) in [4.78, 5) is 24.5. The SMILES string of the molecule is CC(C)n1c(Nc2ncccn2)nc2c(Nc3ccc(N4CCOCC4)cc3)ncnc21. The van der Waals surface area contributed by atoms with Gasteiger partial charge in [-0.1, -0.05) is 0 Å². The second kappa shape index (κ2) is 8.75. The largest absolute Gasteiger partial charge is 0.378 e. The van der Waals surface area contributed by atoms with Crippen molar-refractivity contribution >= 4 is 40.3 Å². The first-order valence-corrected chi connectivity index (χ1v) is 10.7. The lowest BCUT2D eigenvalue weighted by atomic mass is 10.2. The summed E-state index contributed by atoms with van der Waals surface area (Å²) in [6.45, 7) is 7.51. The van der Waals surface area contributed by atoms with Gasteiger partial charge in [-0.2, -0.15) is 0 Å². The maximum atomic E-state index is 5.44. The number of ether oxygens (including phenoxy) is 1. The zero-order valence-corrected chi connectivity index (χ0v) is 18.1. The normalized spacial score (nSPS) is 14.2. The Morgan fingerprint density at radius 1 is 0.938 bits per heavy atom. The number of rotatable bonds is 6. The summed E-state index contributed by atoms with van der Waals surface area (Å²) < 4.78 is 7.45. The molecule has 1 aromatic carbocycles. The molecule has 0 unspecified atom stereocenters. The van der Waals surface area contributed by atoms with E-state index in [1.807, 2.05) is 4.57 Å². The average Bonchev–Trinajstić information content (AvgIpc) is 3.20. The van der Waals surface area contributed by atoms with Gasteiger partial charge in [0.1, 0.15) is 6.33 Å². The number of hydrogen-bond acceptors (Lipinski definition) is 9. The van der Waals surface area contributed by atoms with Gasteiger partial charge in [0.05, 0.1) is 13.2 Å². The number of morpholine rings is 1. The van der Waals surface area contributed by atoms with Crippen molar-refractivity contribution in [1.29, 1.82) is 0 Å². The summed E-state index contributed by atoms with van der Waals surface area (Å²) in [5, 5.41) is 6.59. The minimum Gasteiger partial charge on any atom is -0.378 e. The van der Waals surface area contributed by atoms with Crippen LogP contribution in [0.3, 0.4) is 0 Å². The highest BCUT2D eigenvalue weighted by molar-refractivity contribution is 5.87. The lowest BCUT2D eigenvalue weighted by Gasteiger charge is -2.28. The van der Waals surface area contributed by atoms with Crippen LogP contribution in [0.2, 0.25) is 0 Å². The third-order valence-electron chi connectivity index (χ3n) is 5.29. The molecule has 1 aliphatic heterocycles. The Morgan fingerprint density at radius 2 is 1.69 bits per heavy atom. The Labute approximate surface area is 185 Å². The van der Waals surface area contributed by atoms with Gasteiger partial charge in [0.15, 0.2) is 17.0 Å². The van der Waals surface area contributed by atoms with Crippen molar-refractivity contribution < 1.29 is 4.74 Å². The summed E-state index contributed by atoms with van der Waals surface area (Å²) in [5.41, 5.74) is 3.53. The van der Waals surface area contributed by atoms with Crippen molar-refractivity contribution in [3.63, 3.8) is 0 Å². The molecule has 1 aliphatic rings. The van der Waals surface area contributed by atoms with Crippen LogP contribution in [0.4, 0.5) is 29.1 Å². The number of benzene rings is 1. The van der Waals surface area contributed by atoms with Crippen molar-refractivity contribution in [3.05, 3.63) is 49.1 Å². The summed E-state index contributed by atoms with van der Waals surface area (Å²) >= 11 is 0. The summed E-state index contributed by atoms with van der Waals surface area (Å²) in [7, 11) is 0. The summed E-state index contributed by atoms with van der Waals surface area (Å²) in [6.07, 6.45) is 4.92. The first-order chi connectivity index (χ1) is 15.7. The van der Waals surface area contributed by atoms with E-state index in [0.717, 1.165) is 37.6 Å². The zero-order chi connectivity index (χ0) is 21.9. The van der Waals surface area contributed by atoms with Crippen molar-refractivity contribution in [2.45, 2.75) is 19.9 Å². The van der Waals surface area contributed by atoms with Crippen LogP contribution in [0, 0.1) is 0 Å². The monoisotopic (exact) mass is 431 g/mol. The van der Waals surface area contributed by atoms with Crippen molar-refractivity contribution in [3.8, 4) is 0 Å². The molecular formula is C22H25N9O. The van der Waals surface area contributed by atoms with Gasteiger partial charge in [-0.15, -0.1) is 0 Å². The standard InChI is InChI=1S/C22H25N9O/c1-15(2)31-20-18(28-22(31)29-21-23-8-3-9-24-21)19(25-14-26-20)27-16-4-6-17(7-5-16)30-10-12-32-13-11-30/h3-9,14-15H,10-13H2,1-2H3,(H,25,26,27)(H,23,24,28,29). The van der Waals surface area contributed by atoms with Crippen LogP contribution in [0.5, 0.6) is 0 Å². The topological polar surface area (TPSA) is 106 Å². The number of aromatic nitrogens is 6. The van der Waals surface area contributed by atoms with E-state index >= 15 is 0 Å². The number of anilines is 5. The van der Waals surface area contributed by atoms with Gasteiger partial charge in [-0.25, -0.2) is 24.9 Å². The average molecular weight is 432 g/mol. The molecule has 1 saturated heterocycles. The second-order valence-corrected chi connectivity index (χ2v) is 7.76. The van der Waals surface area contributed by atoms with Gasteiger partial charge in [0.25, 0.3) is 0 Å².